The summed E-state index contributed by atoms with van der Waals surface area (Å²) in [6.07, 6.45) is 3.05. The molecule has 2 saturated carbocycles. The van der Waals surface area contributed by atoms with Crippen molar-refractivity contribution in [3.63, 3.8) is 0 Å². The van der Waals surface area contributed by atoms with Crippen LogP contribution in [0.15, 0.2) is 0 Å². The van der Waals surface area contributed by atoms with Crippen LogP contribution in [0.1, 0.15) is 26.2 Å². The largest absolute Gasteiger partial charge is 0.393 e. The van der Waals surface area contributed by atoms with Crippen LogP contribution in [-0.4, -0.2) is 21.6 Å². The number of thioether (sulfide) groups is 1. The molecule has 0 saturated heterocycles. The molecular weight excluding hydrogens is 172 g/mol. The summed E-state index contributed by atoms with van der Waals surface area (Å²) in [5, 5.41) is 10.2. The highest BCUT2D eigenvalue weighted by Gasteiger charge is 2.45. The highest BCUT2D eigenvalue weighted by molar-refractivity contribution is 8.14. The van der Waals surface area contributed by atoms with Crippen molar-refractivity contribution in [1.82, 2.24) is 0 Å². The molecule has 2 aliphatic carbocycles. The fourth-order valence-electron chi connectivity index (χ4n) is 2.55. The van der Waals surface area contributed by atoms with Gasteiger partial charge in [0.1, 0.15) is 0 Å². The van der Waals surface area contributed by atoms with Gasteiger partial charge in [-0.2, -0.15) is 0 Å². The Morgan fingerprint density at radius 3 is 2.50 bits per heavy atom. The molecular formula is C9H14O2S. The maximum absolute atomic E-state index is 10.9. The molecule has 0 aliphatic heterocycles. The number of aliphatic hydroxyl groups is 1. The maximum Gasteiger partial charge on any atom is 0.186 e. The first-order valence-electron chi connectivity index (χ1n) is 4.52. The number of hydrogen-bond donors (Lipinski definition) is 1. The van der Waals surface area contributed by atoms with E-state index in [9.17, 15) is 9.90 Å². The Hall–Kier alpha value is -0.0200. The lowest BCUT2D eigenvalue weighted by atomic mass is 9.97. The second-order valence-electron chi connectivity index (χ2n) is 3.94. The van der Waals surface area contributed by atoms with Crippen molar-refractivity contribution in [3.8, 4) is 0 Å². The maximum atomic E-state index is 10.9. The SMILES string of the molecule is CC(=O)SC1CC2CC1CC2O. The van der Waals surface area contributed by atoms with Crippen LogP contribution in [0.5, 0.6) is 0 Å². The number of carbonyl (C=O) groups excluding carboxylic acids is 1. The summed E-state index contributed by atoms with van der Waals surface area (Å²) in [4.78, 5) is 10.9. The first-order chi connectivity index (χ1) is 5.66. The molecule has 2 bridgehead atoms. The predicted molar refractivity (Wildman–Crippen MR) is 48.9 cm³/mol. The normalized spacial score (nSPS) is 45.2. The summed E-state index contributed by atoms with van der Waals surface area (Å²) >= 11 is 1.48. The third kappa shape index (κ3) is 1.40. The Kier molecular flexibility index (Phi) is 2.17. The Balaban J connectivity index is 1.94. The van der Waals surface area contributed by atoms with Crippen LogP contribution in [0.3, 0.4) is 0 Å². The summed E-state index contributed by atoms with van der Waals surface area (Å²) in [5.41, 5.74) is 0. The Morgan fingerprint density at radius 1 is 1.33 bits per heavy atom. The molecule has 0 aromatic rings. The van der Waals surface area contributed by atoms with Crippen LogP contribution >= 0.6 is 11.8 Å². The van der Waals surface area contributed by atoms with Crippen molar-refractivity contribution in [2.45, 2.75) is 37.5 Å². The van der Waals surface area contributed by atoms with E-state index in [1.165, 1.54) is 11.8 Å². The van der Waals surface area contributed by atoms with Gasteiger partial charge in [0.2, 0.25) is 0 Å². The lowest BCUT2D eigenvalue weighted by Crippen LogP contribution is -2.23. The van der Waals surface area contributed by atoms with Crippen LogP contribution in [-0.2, 0) is 4.79 Å². The van der Waals surface area contributed by atoms with Crippen molar-refractivity contribution in [3.05, 3.63) is 0 Å². The van der Waals surface area contributed by atoms with Gasteiger partial charge in [-0.15, -0.1) is 0 Å². The molecule has 12 heavy (non-hydrogen) atoms. The van der Waals surface area contributed by atoms with Gasteiger partial charge in [-0.25, -0.2) is 0 Å². The van der Waals surface area contributed by atoms with E-state index in [0.717, 1.165) is 19.3 Å². The molecule has 3 heteroatoms. The van der Waals surface area contributed by atoms with Crippen molar-refractivity contribution in [2.24, 2.45) is 11.8 Å². The predicted octanol–water partition coefficient (Wildman–Crippen LogP) is 1.43. The summed E-state index contributed by atoms with van der Waals surface area (Å²) in [6, 6.07) is 0. The molecule has 4 unspecified atom stereocenters. The Bertz CT molecular complexity index is 203. The average Bonchev–Trinajstić information content (AvgIpc) is 2.44. The van der Waals surface area contributed by atoms with E-state index in [0.29, 0.717) is 17.1 Å². The second-order valence-corrected chi connectivity index (χ2v) is 5.36. The lowest BCUT2D eigenvalue weighted by molar-refractivity contribution is -0.109. The Morgan fingerprint density at radius 2 is 2.08 bits per heavy atom. The molecule has 2 rings (SSSR count). The van der Waals surface area contributed by atoms with Crippen molar-refractivity contribution in [1.29, 1.82) is 0 Å². The molecule has 0 spiro atoms. The zero-order valence-electron chi connectivity index (χ0n) is 7.19. The van der Waals surface area contributed by atoms with Crippen LogP contribution < -0.4 is 0 Å². The molecule has 0 aromatic carbocycles. The molecule has 2 nitrogen and oxygen atoms in total. The van der Waals surface area contributed by atoms with Gasteiger partial charge in [-0.1, -0.05) is 11.8 Å². The lowest BCUT2D eigenvalue weighted by Gasteiger charge is -2.23. The minimum Gasteiger partial charge on any atom is -0.393 e. The van der Waals surface area contributed by atoms with Crippen LogP contribution in [0.25, 0.3) is 0 Å². The van der Waals surface area contributed by atoms with E-state index in [1.54, 1.807) is 6.92 Å². The summed E-state index contributed by atoms with van der Waals surface area (Å²) in [7, 11) is 0. The standard InChI is InChI=1S/C9H14O2S/c1-5(10)12-9-4-6-2-7(9)3-8(6)11/h6-9,11H,2-4H2,1H3. The third-order valence-electron chi connectivity index (χ3n) is 3.07. The van der Waals surface area contributed by atoms with Crippen molar-refractivity contribution in [2.75, 3.05) is 0 Å². The molecule has 1 N–H and O–H groups in total. The molecule has 2 aliphatic rings. The zero-order chi connectivity index (χ0) is 8.72. The molecule has 0 radical (unpaired) electrons. The fourth-order valence-corrected chi connectivity index (χ4v) is 3.73. The van der Waals surface area contributed by atoms with Gasteiger partial charge in [0.25, 0.3) is 0 Å². The van der Waals surface area contributed by atoms with E-state index < -0.39 is 0 Å². The van der Waals surface area contributed by atoms with Crippen LogP contribution in [0.2, 0.25) is 0 Å². The number of rotatable bonds is 1. The average molecular weight is 186 g/mol. The number of carbonyl (C=O) groups is 1. The zero-order valence-corrected chi connectivity index (χ0v) is 8.01. The smallest absolute Gasteiger partial charge is 0.186 e. The summed E-state index contributed by atoms with van der Waals surface area (Å²) in [6.45, 7) is 1.63. The molecule has 0 heterocycles. The van der Waals surface area contributed by atoms with Crippen molar-refractivity contribution < 1.29 is 9.90 Å². The topological polar surface area (TPSA) is 37.3 Å². The number of fused-ring (bicyclic) bond motifs is 2. The summed E-state index contributed by atoms with van der Waals surface area (Å²) in [5.74, 6) is 1.10. The van der Waals surface area contributed by atoms with Gasteiger partial charge in [0, 0.05) is 12.2 Å². The van der Waals surface area contributed by atoms with Gasteiger partial charge in [0.05, 0.1) is 6.10 Å². The summed E-state index contributed by atoms with van der Waals surface area (Å²) < 4.78 is 0. The van der Waals surface area contributed by atoms with Gasteiger partial charge in [0.15, 0.2) is 5.12 Å². The van der Waals surface area contributed by atoms with Crippen LogP contribution in [0.4, 0.5) is 0 Å². The highest BCUT2D eigenvalue weighted by atomic mass is 32.2. The minimum absolute atomic E-state index is 0.0705. The van der Waals surface area contributed by atoms with Gasteiger partial charge < -0.3 is 5.11 Å². The van der Waals surface area contributed by atoms with Gasteiger partial charge in [-0.3, -0.25) is 4.79 Å². The highest BCUT2D eigenvalue weighted by Crippen LogP contribution is 2.49. The molecule has 4 atom stereocenters. The van der Waals surface area contributed by atoms with E-state index in [-0.39, 0.29) is 11.2 Å². The quantitative estimate of drug-likeness (QED) is 0.673. The second kappa shape index (κ2) is 3.04. The molecule has 2 fully saturated rings. The van der Waals surface area contributed by atoms with Crippen molar-refractivity contribution >= 4 is 16.9 Å². The number of hydrogen-bond acceptors (Lipinski definition) is 3. The monoisotopic (exact) mass is 186 g/mol. The van der Waals surface area contributed by atoms with E-state index in [4.69, 9.17) is 0 Å². The molecule has 68 valence electrons. The van der Waals surface area contributed by atoms with E-state index in [1.807, 2.05) is 0 Å². The number of aliphatic hydroxyl groups excluding tert-OH is 1. The molecule has 0 aromatic heterocycles. The first kappa shape index (κ1) is 8.57. The van der Waals surface area contributed by atoms with Gasteiger partial charge >= 0.3 is 0 Å². The third-order valence-corrected chi connectivity index (χ3v) is 4.28. The first-order valence-corrected chi connectivity index (χ1v) is 5.40. The molecule has 0 amide bonds. The minimum atomic E-state index is -0.0705. The van der Waals surface area contributed by atoms with Gasteiger partial charge in [-0.05, 0) is 31.1 Å². The van der Waals surface area contributed by atoms with E-state index >= 15 is 0 Å². The Labute approximate surface area is 76.7 Å². The fraction of sp³-hybridized carbons (Fsp3) is 0.889. The van der Waals surface area contributed by atoms with Crippen LogP contribution in [0, 0.1) is 11.8 Å². The van der Waals surface area contributed by atoms with E-state index in [2.05, 4.69) is 0 Å².